The van der Waals surface area contributed by atoms with Gasteiger partial charge in [0.25, 0.3) is 0 Å². The van der Waals surface area contributed by atoms with E-state index in [9.17, 15) is 10.2 Å². The van der Waals surface area contributed by atoms with Gasteiger partial charge in [0.1, 0.15) is 0 Å². The molecule has 0 aliphatic heterocycles. The van der Waals surface area contributed by atoms with Crippen molar-refractivity contribution < 1.29 is 15.3 Å². The molecule has 0 fully saturated rings. The van der Waals surface area contributed by atoms with Crippen LogP contribution in [0.4, 0.5) is 0 Å². The molecule has 1 aliphatic carbocycles. The number of hydrogen-bond donors (Lipinski definition) is 3. The summed E-state index contributed by atoms with van der Waals surface area (Å²) in [4.78, 5) is 0. The van der Waals surface area contributed by atoms with Crippen molar-refractivity contribution >= 4 is 0 Å². The van der Waals surface area contributed by atoms with Crippen LogP contribution in [0.2, 0.25) is 0 Å². The van der Waals surface area contributed by atoms with Crippen molar-refractivity contribution in [1.82, 2.24) is 0 Å². The normalized spacial score (nSPS) is 31.6. The lowest BCUT2D eigenvalue weighted by atomic mass is 9.64. The molecule has 86 valence electrons. The van der Waals surface area contributed by atoms with Crippen LogP contribution in [-0.2, 0) is 0 Å². The quantitative estimate of drug-likeness (QED) is 0.595. The second-order valence-electron chi connectivity index (χ2n) is 5.13. The molecule has 0 aromatic heterocycles. The average molecular weight is 212 g/mol. The molecule has 0 saturated carbocycles. The van der Waals surface area contributed by atoms with Gasteiger partial charge in [0, 0.05) is 5.41 Å². The van der Waals surface area contributed by atoms with Crippen molar-refractivity contribution in [2.75, 3.05) is 13.2 Å². The van der Waals surface area contributed by atoms with Crippen LogP contribution in [0.5, 0.6) is 0 Å². The summed E-state index contributed by atoms with van der Waals surface area (Å²) in [6.45, 7) is 5.87. The SMILES string of the molecule is CC(C)(C)C1(CO)C=CC(O)C(CO)=C1. The maximum atomic E-state index is 9.57. The molecule has 3 heteroatoms. The molecule has 3 nitrogen and oxygen atoms in total. The topological polar surface area (TPSA) is 60.7 Å². The molecule has 0 amide bonds. The van der Waals surface area contributed by atoms with Gasteiger partial charge in [0.05, 0.1) is 19.3 Å². The first-order valence-corrected chi connectivity index (χ1v) is 5.17. The number of rotatable bonds is 2. The van der Waals surface area contributed by atoms with Crippen LogP contribution in [0.1, 0.15) is 20.8 Å². The Labute approximate surface area is 90.8 Å². The number of hydrogen-bond acceptors (Lipinski definition) is 3. The maximum Gasteiger partial charge on any atom is 0.0954 e. The number of aliphatic hydroxyl groups excluding tert-OH is 3. The van der Waals surface area contributed by atoms with Gasteiger partial charge in [0.15, 0.2) is 0 Å². The van der Waals surface area contributed by atoms with Gasteiger partial charge in [-0.3, -0.25) is 0 Å². The van der Waals surface area contributed by atoms with Crippen LogP contribution in [0, 0.1) is 10.8 Å². The minimum Gasteiger partial charge on any atom is -0.395 e. The molecule has 0 aromatic rings. The van der Waals surface area contributed by atoms with Crippen LogP contribution in [0.3, 0.4) is 0 Å². The van der Waals surface area contributed by atoms with E-state index in [0.717, 1.165) is 0 Å². The summed E-state index contributed by atoms with van der Waals surface area (Å²) in [6, 6.07) is 0. The first kappa shape index (κ1) is 12.4. The molecular formula is C12H20O3. The van der Waals surface area contributed by atoms with E-state index in [2.05, 4.69) is 0 Å². The first-order chi connectivity index (χ1) is 6.86. The Morgan fingerprint density at radius 1 is 1.33 bits per heavy atom. The van der Waals surface area contributed by atoms with Gasteiger partial charge in [-0.1, -0.05) is 39.0 Å². The van der Waals surface area contributed by atoms with Crippen molar-refractivity contribution in [2.24, 2.45) is 10.8 Å². The van der Waals surface area contributed by atoms with Gasteiger partial charge < -0.3 is 15.3 Å². The Hall–Kier alpha value is -0.640. The van der Waals surface area contributed by atoms with Crippen LogP contribution in [0.15, 0.2) is 23.8 Å². The molecule has 2 unspecified atom stereocenters. The first-order valence-electron chi connectivity index (χ1n) is 5.17. The average Bonchev–Trinajstić information content (AvgIpc) is 2.17. The monoisotopic (exact) mass is 212 g/mol. The molecular weight excluding hydrogens is 192 g/mol. The highest BCUT2D eigenvalue weighted by Gasteiger charge is 2.39. The van der Waals surface area contributed by atoms with Gasteiger partial charge in [-0.15, -0.1) is 0 Å². The van der Waals surface area contributed by atoms with Gasteiger partial charge in [-0.2, -0.15) is 0 Å². The lowest BCUT2D eigenvalue weighted by Gasteiger charge is -2.42. The minimum atomic E-state index is -0.725. The lowest BCUT2D eigenvalue weighted by Crippen LogP contribution is -2.39. The Balaban J connectivity index is 3.13. The molecule has 0 aromatic carbocycles. The molecule has 0 bridgehead atoms. The van der Waals surface area contributed by atoms with E-state index in [1.807, 2.05) is 26.8 Å². The molecule has 2 atom stereocenters. The summed E-state index contributed by atoms with van der Waals surface area (Å²) in [5.41, 5.74) is -0.0928. The summed E-state index contributed by atoms with van der Waals surface area (Å²) in [7, 11) is 0. The zero-order valence-corrected chi connectivity index (χ0v) is 9.57. The Morgan fingerprint density at radius 2 is 1.93 bits per heavy atom. The van der Waals surface area contributed by atoms with E-state index in [-0.39, 0.29) is 18.6 Å². The van der Waals surface area contributed by atoms with Crippen molar-refractivity contribution in [3.8, 4) is 0 Å². The van der Waals surface area contributed by atoms with E-state index in [1.54, 1.807) is 12.2 Å². The molecule has 0 radical (unpaired) electrons. The molecule has 0 spiro atoms. The smallest absolute Gasteiger partial charge is 0.0954 e. The predicted octanol–water partition coefficient (Wildman–Crippen LogP) is 0.861. The summed E-state index contributed by atoms with van der Waals surface area (Å²) >= 11 is 0. The summed E-state index contributed by atoms with van der Waals surface area (Å²) in [6.07, 6.45) is 4.53. The van der Waals surface area contributed by atoms with Gasteiger partial charge in [-0.05, 0) is 11.0 Å². The lowest BCUT2D eigenvalue weighted by molar-refractivity contribution is 0.0944. The second-order valence-corrected chi connectivity index (χ2v) is 5.13. The molecule has 1 rings (SSSR count). The standard InChI is InChI=1S/C12H20O3/c1-11(2,3)12(8-14)5-4-10(15)9(6-12)7-13/h4-6,10,13-15H,7-8H2,1-3H3. The van der Waals surface area contributed by atoms with E-state index < -0.39 is 11.5 Å². The third-order valence-corrected chi connectivity index (χ3v) is 3.24. The third kappa shape index (κ3) is 2.14. The fourth-order valence-corrected chi connectivity index (χ4v) is 1.79. The Kier molecular flexibility index (Phi) is 3.38. The zero-order valence-electron chi connectivity index (χ0n) is 9.57. The van der Waals surface area contributed by atoms with Gasteiger partial charge in [0.2, 0.25) is 0 Å². The largest absolute Gasteiger partial charge is 0.395 e. The van der Waals surface area contributed by atoms with E-state index in [4.69, 9.17) is 5.11 Å². The van der Waals surface area contributed by atoms with E-state index in [1.165, 1.54) is 0 Å². The highest BCUT2D eigenvalue weighted by molar-refractivity contribution is 5.31. The highest BCUT2D eigenvalue weighted by Crippen LogP contribution is 2.44. The summed E-state index contributed by atoms with van der Waals surface area (Å²) in [5, 5.41) is 28.2. The van der Waals surface area contributed by atoms with E-state index >= 15 is 0 Å². The Bertz CT molecular complexity index is 286. The summed E-state index contributed by atoms with van der Waals surface area (Å²) in [5.74, 6) is 0. The highest BCUT2D eigenvalue weighted by atomic mass is 16.3. The van der Waals surface area contributed by atoms with Crippen molar-refractivity contribution in [2.45, 2.75) is 26.9 Å². The van der Waals surface area contributed by atoms with E-state index in [0.29, 0.717) is 5.57 Å². The molecule has 1 aliphatic rings. The molecule has 0 saturated heterocycles. The number of aliphatic hydroxyl groups is 3. The fraction of sp³-hybridized carbons (Fsp3) is 0.667. The maximum absolute atomic E-state index is 9.57. The fourth-order valence-electron chi connectivity index (χ4n) is 1.79. The molecule has 15 heavy (non-hydrogen) atoms. The zero-order chi connectivity index (χ0) is 11.7. The van der Waals surface area contributed by atoms with Crippen LogP contribution in [-0.4, -0.2) is 34.6 Å². The molecule has 3 N–H and O–H groups in total. The van der Waals surface area contributed by atoms with Gasteiger partial charge in [-0.25, -0.2) is 0 Å². The Morgan fingerprint density at radius 3 is 2.33 bits per heavy atom. The minimum absolute atomic E-state index is 0.0246. The second kappa shape index (κ2) is 4.08. The van der Waals surface area contributed by atoms with Crippen LogP contribution >= 0.6 is 0 Å². The summed E-state index contributed by atoms with van der Waals surface area (Å²) < 4.78 is 0. The predicted molar refractivity (Wildman–Crippen MR) is 59.3 cm³/mol. The van der Waals surface area contributed by atoms with Crippen LogP contribution < -0.4 is 0 Å². The van der Waals surface area contributed by atoms with Crippen molar-refractivity contribution in [1.29, 1.82) is 0 Å². The van der Waals surface area contributed by atoms with Crippen molar-refractivity contribution in [3.05, 3.63) is 23.8 Å². The third-order valence-electron chi connectivity index (χ3n) is 3.24. The van der Waals surface area contributed by atoms with Crippen molar-refractivity contribution in [3.63, 3.8) is 0 Å². The van der Waals surface area contributed by atoms with Crippen LogP contribution in [0.25, 0.3) is 0 Å². The van der Waals surface area contributed by atoms with Gasteiger partial charge >= 0.3 is 0 Å². The molecule has 0 heterocycles.